The summed E-state index contributed by atoms with van der Waals surface area (Å²) < 4.78 is 63.0. The van der Waals surface area contributed by atoms with Gasteiger partial charge in [-0.1, -0.05) is 35.9 Å². The van der Waals surface area contributed by atoms with E-state index < -0.39 is 39.9 Å². The van der Waals surface area contributed by atoms with Gasteiger partial charge in [0, 0.05) is 49.9 Å². The Kier molecular flexibility index (Phi) is 7.55. The molecule has 0 spiro atoms. The van der Waals surface area contributed by atoms with Crippen molar-refractivity contribution in [1.82, 2.24) is 14.9 Å². The van der Waals surface area contributed by atoms with E-state index in [0.29, 0.717) is 23.7 Å². The number of fused-ring (bicyclic) bond motifs is 5. The van der Waals surface area contributed by atoms with Crippen molar-refractivity contribution in [2.24, 2.45) is 0 Å². The number of carbonyl (C=O) groups excluding carboxylic acids is 1. The van der Waals surface area contributed by atoms with Gasteiger partial charge in [0.1, 0.15) is 23.0 Å². The molecule has 4 aromatic rings. The Morgan fingerprint density at radius 1 is 1.11 bits per heavy atom. The third kappa shape index (κ3) is 4.96. The Morgan fingerprint density at radius 3 is 2.55 bits per heavy atom. The van der Waals surface area contributed by atoms with E-state index in [4.69, 9.17) is 16.3 Å². The Balaban J connectivity index is 1.44. The quantitative estimate of drug-likeness (QED) is 0.249. The van der Waals surface area contributed by atoms with Crippen LogP contribution in [-0.4, -0.2) is 60.1 Å². The van der Waals surface area contributed by atoms with E-state index in [1.165, 1.54) is 23.4 Å². The third-order valence-electron chi connectivity index (χ3n) is 8.20. The van der Waals surface area contributed by atoms with Crippen LogP contribution in [0.3, 0.4) is 0 Å². The molecule has 2 aliphatic heterocycles. The summed E-state index contributed by atoms with van der Waals surface area (Å²) in [5.41, 5.74) is -0.561. The molecule has 0 radical (unpaired) electrons. The number of anilines is 2. The van der Waals surface area contributed by atoms with Crippen molar-refractivity contribution in [3.8, 4) is 23.1 Å². The molecule has 2 aromatic carbocycles. The number of hydrogen-bond acceptors (Lipinski definition) is 7. The molecule has 2 atom stereocenters. The molecular formula is C31H25ClF4N6O2. The van der Waals surface area contributed by atoms with E-state index in [2.05, 4.69) is 20.9 Å². The molecule has 8 nitrogen and oxygen atoms in total. The van der Waals surface area contributed by atoms with Crippen LogP contribution in [0.2, 0.25) is 5.02 Å². The maximum Gasteiger partial charge on any atom is 0.418 e. The summed E-state index contributed by atoms with van der Waals surface area (Å²) in [6.45, 7) is 1.05. The normalized spacial score (nSPS) is 18.6. The fraction of sp³-hybridized carbons (Fsp3) is 0.290. The van der Waals surface area contributed by atoms with Crippen LogP contribution in [0.5, 0.6) is 5.75 Å². The molecule has 2 aliphatic rings. The van der Waals surface area contributed by atoms with Crippen LogP contribution < -0.4 is 14.5 Å². The lowest BCUT2D eigenvalue weighted by Gasteiger charge is -2.50. The number of nitrogens with zero attached hydrogens (tertiary/aromatic N) is 6. The number of amides is 1. The minimum absolute atomic E-state index is 0.174. The Bertz CT molecular complexity index is 1810. The molecule has 0 saturated carbocycles. The molecule has 1 saturated heterocycles. The predicted molar refractivity (Wildman–Crippen MR) is 157 cm³/mol. The second-order valence-electron chi connectivity index (χ2n) is 10.7. The number of piperazine rings is 1. The monoisotopic (exact) mass is 624 g/mol. The number of pyridine rings is 2. The van der Waals surface area contributed by atoms with Crippen molar-refractivity contribution in [1.29, 1.82) is 5.26 Å². The number of hydrogen-bond donors (Lipinski definition) is 0. The number of likely N-dealkylation sites (N-methyl/N-ethyl adjacent to an activating group) is 1. The van der Waals surface area contributed by atoms with Crippen LogP contribution in [0.4, 0.5) is 28.9 Å². The van der Waals surface area contributed by atoms with Gasteiger partial charge < -0.3 is 14.5 Å². The highest BCUT2D eigenvalue weighted by atomic mass is 35.5. The van der Waals surface area contributed by atoms with Gasteiger partial charge in [0.25, 0.3) is 5.91 Å². The van der Waals surface area contributed by atoms with E-state index in [9.17, 15) is 23.2 Å². The second-order valence-corrected chi connectivity index (χ2v) is 11.1. The van der Waals surface area contributed by atoms with E-state index in [0.717, 1.165) is 17.7 Å². The lowest BCUT2D eigenvalue weighted by Crippen LogP contribution is -2.65. The van der Waals surface area contributed by atoms with E-state index in [1.807, 2.05) is 29.2 Å². The molecule has 0 aliphatic carbocycles. The molecule has 2 aromatic heterocycles. The first-order chi connectivity index (χ1) is 21.0. The zero-order chi connectivity index (χ0) is 31.3. The van der Waals surface area contributed by atoms with Gasteiger partial charge in [-0.25, -0.2) is 4.39 Å². The van der Waals surface area contributed by atoms with Crippen molar-refractivity contribution in [3.05, 3.63) is 76.8 Å². The number of benzene rings is 2. The molecule has 1 fully saturated rings. The van der Waals surface area contributed by atoms with E-state index >= 15 is 4.39 Å². The fourth-order valence-electron chi connectivity index (χ4n) is 6.04. The molecule has 13 heteroatoms. The Morgan fingerprint density at radius 2 is 1.86 bits per heavy atom. The van der Waals surface area contributed by atoms with Crippen molar-refractivity contribution in [2.75, 3.05) is 37.0 Å². The van der Waals surface area contributed by atoms with Gasteiger partial charge in [-0.3, -0.25) is 19.7 Å². The highest BCUT2D eigenvalue weighted by Gasteiger charge is 2.45. The molecule has 4 heterocycles. The molecule has 2 unspecified atom stereocenters. The fourth-order valence-corrected chi connectivity index (χ4v) is 6.33. The number of carbonyl (C=O) groups is 1. The summed E-state index contributed by atoms with van der Waals surface area (Å²) in [7, 11) is 3.18. The number of nitriles is 1. The van der Waals surface area contributed by atoms with Crippen molar-refractivity contribution < 1.29 is 27.1 Å². The SMILES string of the molecule is COc1ccc(CN2CC3C(=O)N(C)c4cnc5c(F)c(-c6cccc(Cl)c6C(F)(F)F)ncc5c4N3CC2CC#N)cc1. The summed E-state index contributed by atoms with van der Waals surface area (Å²) in [5, 5.41) is 9.32. The van der Waals surface area contributed by atoms with Crippen LogP contribution in [0.1, 0.15) is 17.5 Å². The summed E-state index contributed by atoms with van der Waals surface area (Å²) >= 11 is 5.89. The third-order valence-corrected chi connectivity index (χ3v) is 8.52. The van der Waals surface area contributed by atoms with Crippen molar-refractivity contribution in [3.63, 3.8) is 0 Å². The van der Waals surface area contributed by atoms with Gasteiger partial charge >= 0.3 is 6.18 Å². The summed E-state index contributed by atoms with van der Waals surface area (Å²) in [6, 6.07) is 12.3. The number of rotatable bonds is 5. The average molecular weight is 625 g/mol. The topological polar surface area (TPSA) is 85.6 Å². The number of ether oxygens (including phenoxy) is 1. The molecule has 1 amide bonds. The lowest BCUT2D eigenvalue weighted by molar-refractivity contribution is -0.137. The van der Waals surface area contributed by atoms with Crippen LogP contribution in [0.15, 0.2) is 54.9 Å². The van der Waals surface area contributed by atoms with E-state index in [-0.39, 0.29) is 42.4 Å². The number of aromatic nitrogens is 2. The highest BCUT2D eigenvalue weighted by Crippen LogP contribution is 2.45. The van der Waals surface area contributed by atoms with E-state index in [1.54, 1.807) is 14.2 Å². The molecule has 0 bridgehead atoms. The first-order valence-corrected chi connectivity index (χ1v) is 14.0. The molecule has 0 N–H and O–H groups in total. The van der Waals surface area contributed by atoms with Crippen LogP contribution in [0.25, 0.3) is 22.2 Å². The minimum atomic E-state index is -4.85. The van der Waals surface area contributed by atoms with Crippen molar-refractivity contribution >= 4 is 39.8 Å². The number of methoxy groups -OCH3 is 1. The standard InChI is InChI=1S/C31H25ClF4N6O2/c1-40-23-13-39-28-21(12-38-27(26(28)33)20-4-3-5-22(32)25(20)31(34,35)36)29(23)42-15-18(10-11-37)41(16-24(42)30(40)43)14-17-6-8-19(44-2)9-7-17/h3-9,12-13,18,24H,10,14-16H2,1-2H3. The number of alkyl halides is 3. The second kappa shape index (κ2) is 11.2. The zero-order valence-corrected chi connectivity index (χ0v) is 24.3. The van der Waals surface area contributed by atoms with Gasteiger partial charge in [0.15, 0.2) is 5.82 Å². The lowest BCUT2D eigenvalue weighted by atomic mass is 9.96. The maximum atomic E-state index is 16.1. The van der Waals surface area contributed by atoms with Crippen LogP contribution in [0, 0.1) is 17.1 Å². The average Bonchev–Trinajstić information content (AvgIpc) is 3.00. The predicted octanol–water partition coefficient (Wildman–Crippen LogP) is 6.07. The maximum absolute atomic E-state index is 16.1. The van der Waals surface area contributed by atoms with Crippen LogP contribution >= 0.6 is 11.6 Å². The molecule has 226 valence electrons. The van der Waals surface area contributed by atoms with Gasteiger partial charge in [0.05, 0.1) is 47.8 Å². The van der Waals surface area contributed by atoms with Crippen molar-refractivity contribution in [2.45, 2.75) is 31.2 Å². The van der Waals surface area contributed by atoms with Gasteiger partial charge in [-0.05, 0) is 23.8 Å². The first kappa shape index (κ1) is 29.6. The number of halogens is 5. The minimum Gasteiger partial charge on any atom is -0.497 e. The Hall–Kier alpha value is -4.47. The molecular weight excluding hydrogens is 600 g/mol. The smallest absolute Gasteiger partial charge is 0.418 e. The Labute approximate surface area is 255 Å². The summed E-state index contributed by atoms with van der Waals surface area (Å²) in [4.78, 5) is 27.4. The van der Waals surface area contributed by atoms with Crippen LogP contribution in [-0.2, 0) is 17.5 Å². The molecule has 44 heavy (non-hydrogen) atoms. The van der Waals surface area contributed by atoms with Gasteiger partial charge in [-0.15, -0.1) is 0 Å². The first-order valence-electron chi connectivity index (χ1n) is 13.6. The van der Waals surface area contributed by atoms with Gasteiger partial charge in [0.2, 0.25) is 0 Å². The summed E-state index contributed by atoms with van der Waals surface area (Å²) in [5.74, 6) is -0.532. The summed E-state index contributed by atoms with van der Waals surface area (Å²) in [6.07, 6.45) is -2.06. The largest absolute Gasteiger partial charge is 0.497 e. The molecule has 6 rings (SSSR count). The highest BCUT2D eigenvalue weighted by molar-refractivity contribution is 6.31. The zero-order valence-electron chi connectivity index (χ0n) is 23.6. The van der Waals surface area contributed by atoms with Gasteiger partial charge in [-0.2, -0.15) is 18.4 Å².